The van der Waals surface area contributed by atoms with Crippen LogP contribution in [-0.4, -0.2) is 72.5 Å². The fourth-order valence-corrected chi connectivity index (χ4v) is 4.98. The number of rotatable bonds is 13. The SMILES string of the molecule is CCN(CCNC)Cc1ccc(C(=O)Nc2cccc(CN(C)Cc3cnc4[nH]c(C(=O)OC)cc4c3)c2)cc1C(F)(F)F. The first-order chi connectivity index (χ1) is 21.0. The topological polar surface area (TPSA) is 103 Å². The number of carbonyl (C=O) groups excluding carboxylic acids is 2. The molecule has 4 rings (SSSR count). The van der Waals surface area contributed by atoms with Crippen LogP contribution in [0.2, 0.25) is 0 Å². The average Bonchev–Trinajstić information content (AvgIpc) is 3.42. The van der Waals surface area contributed by atoms with E-state index in [0.29, 0.717) is 49.8 Å². The van der Waals surface area contributed by atoms with E-state index in [-0.39, 0.29) is 17.7 Å². The van der Waals surface area contributed by atoms with Gasteiger partial charge in [-0.3, -0.25) is 14.6 Å². The molecule has 234 valence electrons. The first-order valence-corrected chi connectivity index (χ1v) is 14.2. The van der Waals surface area contributed by atoms with Crippen LogP contribution in [0.25, 0.3) is 11.0 Å². The van der Waals surface area contributed by atoms with Crippen LogP contribution >= 0.6 is 0 Å². The Morgan fingerprint density at radius 2 is 1.80 bits per heavy atom. The predicted octanol–water partition coefficient (Wildman–Crippen LogP) is 5.29. The van der Waals surface area contributed by atoms with E-state index in [1.165, 1.54) is 19.2 Å². The third-order valence-electron chi connectivity index (χ3n) is 7.22. The van der Waals surface area contributed by atoms with Crippen molar-refractivity contribution in [3.8, 4) is 0 Å². The Labute approximate surface area is 254 Å². The number of aromatic amines is 1. The van der Waals surface area contributed by atoms with Gasteiger partial charge in [-0.1, -0.05) is 25.1 Å². The van der Waals surface area contributed by atoms with Crippen molar-refractivity contribution < 1.29 is 27.5 Å². The standard InChI is InChI=1S/C32H37F3N6O3/c1-5-41(12-11-36-2)20-24-10-9-23(15-27(24)32(33,34)35)30(42)38-26-8-6-7-21(14-26)18-40(3)19-22-13-25-16-28(31(43)44-4)39-29(25)37-17-22/h6-10,13-17,36H,5,11-12,18-20H2,1-4H3,(H,37,39)(H,38,42). The molecule has 1 amide bonds. The van der Waals surface area contributed by atoms with Crippen LogP contribution in [0.1, 0.15) is 50.0 Å². The van der Waals surface area contributed by atoms with Gasteiger partial charge in [0.1, 0.15) is 11.3 Å². The molecule has 0 aliphatic heterocycles. The third-order valence-corrected chi connectivity index (χ3v) is 7.22. The number of methoxy groups -OCH3 is 1. The number of alkyl halides is 3. The number of fused-ring (bicyclic) bond motifs is 1. The zero-order valence-electron chi connectivity index (χ0n) is 25.2. The molecule has 2 aromatic carbocycles. The molecule has 0 unspecified atom stereocenters. The van der Waals surface area contributed by atoms with E-state index in [1.807, 2.05) is 31.0 Å². The molecule has 2 heterocycles. The smallest absolute Gasteiger partial charge is 0.416 e. The van der Waals surface area contributed by atoms with Gasteiger partial charge in [0.2, 0.25) is 0 Å². The van der Waals surface area contributed by atoms with E-state index in [1.54, 1.807) is 37.5 Å². The molecular formula is C32H37F3N6O3. The van der Waals surface area contributed by atoms with Gasteiger partial charge < -0.3 is 20.4 Å². The van der Waals surface area contributed by atoms with Crippen LogP contribution in [0.15, 0.2) is 60.8 Å². The van der Waals surface area contributed by atoms with Crippen LogP contribution in [0.4, 0.5) is 18.9 Å². The Hall–Kier alpha value is -4.26. The molecule has 0 atom stereocenters. The highest BCUT2D eigenvalue weighted by atomic mass is 19.4. The minimum atomic E-state index is -4.59. The van der Waals surface area contributed by atoms with Gasteiger partial charge in [-0.25, -0.2) is 9.78 Å². The van der Waals surface area contributed by atoms with E-state index >= 15 is 0 Å². The van der Waals surface area contributed by atoms with E-state index in [0.717, 1.165) is 22.6 Å². The first-order valence-electron chi connectivity index (χ1n) is 14.2. The molecule has 0 aliphatic carbocycles. The molecule has 0 fully saturated rings. The van der Waals surface area contributed by atoms with Gasteiger partial charge >= 0.3 is 12.1 Å². The van der Waals surface area contributed by atoms with Crippen molar-refractivity contribution in [3.05, 3.63) is 94.3 Å². The Bertz CT molecular complexity index is 1600. The number of nitrogens with zero attached hydrogens (tertiary/aromatic N) is 3. The normalized spacial score (nSPS) is 11.8. The molecule has 0 saturated heterocycles. The summed E-state index contributed by atoms with van der Waals surface area (Å²) in [6, 6.07) is 14.6. The minimum Gasteiger partial charge on any atom is -0.464 e. The third kappa shape index (κ3) is 8.43. The van der Waals surface area contributed by atoms with E-state index in [2.05, 4.69) is 25.5 Å². The van der Waals surface area contributed by atoms with Crippen molar-refractivity contribution in [3.63, 3.8) is 0 Å². The molecule has 0 spiro atoms. The maximum atomic E-state index is 14.0. The summed E-state index contributed by atoms with van der Waals surface area (Å²) in [7, 11) is 5.05. The second-order valence-corrected chi connectivity index (χ2v) is 10.6. The van der Waals surface area contributed by atoms with Crippen LogP contribution in [0.3, 0.4) is 0 Å². The van der Waals surface area contributed by atoms with Crippen LogP contribution in [0.5, 0.6) is 0 Å². The number of hydrogen-bond acceptors (Lipinski definition) is 7. The number of hydrogen-bond donors (Lipinski definition) is 3. The van der Waals surface area contributed by atoms with Crippen LogP contribution in [0, 0.1) is 0 Å². The lowest BCUT2D eigenvalue weighted by Crippen LogP contribution is -2.31. The van der Waals surface area contributed by atoms with Crippen molar-refractivity contribution in [2.75, 3.05) is 46.2 Å². The number of anilines is 1. The van der Waals surface area contributed by atoms with E-state index in [4.69, 9.17) is 4.74 Å². The van der Waals surface area contributed by atoms with Crippen LogP contribution in [-0.2, 0) is 30.5 Å². The molecule has 9 nitrogen and oxygen atoms in total. The molecule has 44 heavy (non-hydrogen) atoms. The highest BCUT2D eigenvalue weighted by Crippen LogP contribution is 2.33. The summed E-state index contributed by atoms with van der Waals surface area (Å²) in [4.78, 5) is 36.1. The Kier molecular flexibility index (Phi) is 10.7. The van der Waals surface area contributed by atoms with Gasteiger partial charge in [0.15, 0.2) is 0 Å². The summed E-state index contributed by atoms with van der Waals surface area (Å²) in [5.41, 5.74) is 2.50. The fourth-order valence-electron chi connectivity index (χ4n) is 4.98. The summed E-state index contributed by atoms with van der Waals surface area (Å²) in [5, 5.41) is 6.54. The highest BCUT2D eigenvalue weighted by Gasteiger charge is 2.34. The molecule has 0 aliphatic rings. The summed E-state index contributed by atoms with van der Waals surface area (Å²) >= 11 is 0. The van der Waals surface area contributed by atoms with Crippen molar-refractivity contribution in [2.45, 2.75) is 32.7 Å². The Morgan fingerprint density at radius 1 is 1.02 bits per heavy atom. The lowest BCUT2D eigenvalue weighted by atomic mass is 10.0. The maximum absolute atomic E-state index is 14.0. The molecule has 0 bridgehead atoms. The number of amides is 1. The number of nitrogens with one attached hydrogen (secondary N) is 3. The molecule has 3 N–H and O–H groups in total. The molecule has 0 saturated carbocycles. The predicted molar refractivity (Wildman–Crippen MR) is 163 cm³/mol. The Morgan fingerprint density at radius 3 is 2.50 bits per heavy atom. The van der Waals surface area contributed by atoms with Gasteiger partial charge in [0.25, 0.3) is 5.91 Å². The second-order valence-electron chi connectivity index (χ2n) is 10.6. The monoisotopic (exact) mass is 610 g/mol. The number of esters is 1. The Balaban J connectivity index is 1.42. The van der Waals surface area contributed by atoms with Crippen molar-refractivity contribution in [1.29, 1.82) is 0 Å². The van der Waals surface area contributed by atoms with Gasteiger partial charge in [-0.05, 0) is 73.7 Å². The number of aromatic nitrogens is 2. The lowest BCUT2D eigenvalue weighted by Gasteiger charge is -2.23. The second kappa shape index (κ2) is 14.5. The number of carbonyl (C=O) groups is 2. The van der Waals surface area contributed by atoms with E-state index < -0.39 is 23.6 Å². The minimum absolute atomic E-state index is 0.0649. The molecular weight excluding hydrogens is 573 g/mol. The van der Waals surface area contributed by atoms with Gasteiger partial charge in [0.05, 0.1) is 12.7 Å². The molecule has 2 aromatic heterocycles. The summed E-state index contributed by atoms with van der Waals surface area (Å²) in [5.74, 6) is -1.09. The molecule has 4 aromatic rings. The van der Waals surface area contributed by atoms with Crippen LogP contribution < -0.4 is 10.6 Å². The molecule has 0 radical (unpaired) electrons. The first kappa shape index (κ1) is 32.6. The summed E-state index contributed by atoms with van der Waals surface area (Å²) in [6.07, 6.45) is -2.86. The largest absolute Gasteiger partial charge is 0.464 e. The fraction of sp³-hybridized carbons (Fsp3) is 0.344. The maximum Gasteiger partial charge on any atom is 0.416 e. The summed E-state index contributed by atoms with van der Waals surface area (Å²) < 4.78 is 46.7. The summed E-state index contributed by atoms with van der Waals surface area (Å²) in [6.45, 7) is 5.00. The van der Waals surface area contributed by atoms with E-state index in [9.17, 15) is 22.8 Å². The number of ether oxygens (including phenoxy) is 1. The van der Waals surface area contributed by atoms with Gasteiger partial charge in [-0.15, -0.1) is 0 Å². The number of halogens is 3. The van der Waals surface area contributed by atoms with Crippen molar-refractivity contribution in [2.24, 2.45) is 0 Å². The zero-order chi connectivity index (χ0) is 31.9. The quantitative estimate of drug-likeness (QED) is 0.177. The van der Waals surface area contributed by atoms with Gasteiger partial charge in [-0.2, -0.15) is 13.2 Å². The highest BCUT2D eigenvalue weighted by molar-refractivity contribution is 6.04. The van der Waals surface area contributed by atoms with Crippen molar-refractivity contribution >= 4 is 28.6 Å². The molecule has 12 heteroatoms. The van der Waals surface area contributed by atoms with Gasteiger partial charge in [0, 0.05) is 55.6 Å². The average molecular weight is 611 g/mol. The van der Waals surface area contributed by atoms with Crippen molar-refractivity contribution in [1.82, 2.24) is 25.1 Å². The zero-order valence-corrected chi connectivity index (χ0v) is 25.2. The lowest BCUT2D eigenvalue weighted by molar-refractivity contribution is -0.138. The number of H-pyrrole nitrogens is 1. The number of pyridine rings is 1. The number of likely N-dealkylation sites (N-methyl/N-ethyl adjacent to an activating group) is 2. The number of benzene rings is 2.